The van der Waals surface area contributed by atoms with E-state index in [1.54, 1.807) is 18.4 Å². The Morgan fingerprint density at radius 3 is 2.67 bits per heavy atom. The first-order valence-electron chi connectivity index (χ1n) is 4.28. The smallest absolute Gasteiger partial charge is 0.209 e. The largest absolute Gasteiger partial charge is 0.305 e. The summed E-state index contributed by atoms with van der Waals surface area (Å²) in [6, 6.07) is 0. The highest BCUT2D eigenvalue weighted by molar-refractivity contribution is 7.88. The van der Waals surface area contributed by atoms with Crippen LogP contribution in [0.5, 0.6) is 0 Å². The second-order valence-corrected chi connectivity index (χ2v) is 6.18. The van der Waals surface area contributed by atoms with Gasteiger partial charge in [-0.2, -0.15) is 5.10 Å². The number of hydrogen-bond acceptors (Lipinski definition) is 4. The molecular formula is C7H14N4O2S2. The molecule has 0 aliphatic rings. The number of aromatic amines is 1. The zero-order chi connectivity index (χ0) is 11.7. The highest BCUT2D eigenvalue weighted by atomic mass is 32.2. The number of nitrogens with one attached hydrogen (secondary N) is 2. The van der Waals surface area contributed by atoms with Crippen LogP contribution in [-0.2, 0) is 16.6 Å². The molecule has 86 valence electrons. The summed E-state index contributed by atoms with van der Waals surface area (Å²) in [5.74, 6) is 0. The van der Waals surface area contributed by atoms with Gasteiger partial charge in [-0.1, -0.05) is 0 Å². The molecular weight excluding hydrogens is 236 g/mol. The number of sulfonamides is 1. The van der Waals surface area contributed by atoms with Crippen molar-refractivity contribution in [3.63, 3.8) is 0 Å². The lowest BCUT2D eigenvalue weighted by atomic mass is 10.1. The number of nitrogens with zero attached hydrogens (tertiary/aromatic N) is 2. The summed E-state index contributed by atoms with van der Waals surface area (Å²) in [7, 11) is -3.23. The fraction of sp³-hybridized carbons (Fsp3) is 0.714. The number of aromatic nitrogens is 3. The topological polar surface area (TPSA) is 79.8 Å². The van der Waals surface area contributed by atoms with Gasteiger partial charge >= 0.3 is 0 Å². The molecule has 1 aromatic rings. The molecule has 15 heavy (non-hydrogen) atoms. The van der Waals surface area contributed by atoms with Crippen LogP contribution in [0.4, 0.5) is 0 Å². The molecule has 0 amide bonds. The molecule has 2 N–H and O–H groups in total. The van der Waals surface area contributed by atoms with Gasteiger partial charge in [-0.05, 0) is 26.1 Å². The highest BCUT2D eigenvalue weighted by Gasteiger charge is 2.22. The van der Waals surface area contributed by atoms with E-state index in [0.717, 1.165) is 6.26 Å². The van der Waals surface area contributed by atoms with Crippen molar-refractivity contribution in [1.29, 1.82) is 0 Å². The SMILES string of the molecule is CC(C)(Cn1cn[nH]c1=S)NS(C)(=O)=O. The minimum absolute atomic E-state index is 0.426. The molecule has 0 atom stereocenters. The molecule has 1 aromatic heterocycles. The summed E-state index contributed by atoms with van der Waals surface area (Å²) < 4.78 is 26.9. The van der Waals surface area contributed by atoms with Crippen LogP contribution < -0.4 is 4.72 Å². The van der Waals surface area contributed by atoms with Crippen LogP contribution in [0.2, 0.25) is 0 Å². The average Bonchev–Trinajstić information content (AvgIpc) is 2.29. The number of hydrogen-bond donors (Lipinski definition) is 2. The quantitative estimate of drug-likeness (QED) is 0.752. The maximum absolute atomic E-state index is 11.1. The van der Waals surface area contributed by atoms with Gasteiger partial charge in [0, 0.05) is 12.1 Å². The molecule has 0 fully saturated rings. The Hall–Kier alpha value is -0.730. The van der Waals surface area contributed by atoms with E-state index in [1.807, 2.05) is 0 Å². The van der Waals surface area contributed by atoms with Crippen molar-refractivity contribution in [3.05, 3.63) is 11.1 Å². The number of H-pyrrole nitrogens is 1. The van der Waals surface area contributed by atoms with Crippen molar-refractivity contribution in [2.75, 3.05) is 6.26 Å². The Kier molecular flexibility index (Phi) is 3.31. The molecule has 1 heterocycles. The molecule has 0 aromatic carbocycles. The molecule has 0 unspecified atom stereocenters. The maximum Gasteiger partial charge on any atom is 0.209 e. The van der Waals surface area contributed by atoms with Gasteiger partial charge in [0.2, 0.25) is 10.0 Å². The van der Waals surface area contributed by atoms with Crippen molar-refractivity contribution >= 4 is 22.2 Å². The molecule has 0 saturated heterocycles. The van der Waals surface area contributed by atoms with Crippen LogP contribution in [0.1, 0.15) is 13.8 Å². The lowest BCUT2D eigenvalue weighted by Gasteiger charge is -2.24. The second-order valence-electron chi connectivity index (χ2n) is 4.05. The van der Waals surface area contributed by atoms with E-state index in [4.69, 9.17) is 12.2 Å². The summed E-state index contributed by atoms with van der Waals surface area (Å²) in [5, 5.41) is 6.36. The van der Waals surface area contributed by atoms with E-state index in [1.165, 1.54) is 6.33 Å². The van der Waals surface area contributed by atoms with Crippen molar-refractivity contribution < 1.29 is 8.42 Å². The van der Waals surface area contributed by atoms with E-state index in [2.05, 4.69) is 14.9 Å². The third kappa shape index (κ3) is 4.10. The van der Waals surface area contributed by atoms with Crippen molar-refractivity contribution in [2.45, 2.75) is 25.9 Å². The van der Waals surface area contributed by atoms with E-state index < -0.39 is 15.6 Å². The van der Waals surface area contributed by atoms with Crippen LogP contribution in [-0.4, -0.2) is 35.0 Å². The fourth-order valence-corrected chi connectivity index (χ4v) is 2.58. The van der Waals surface area contributed by atoms with Gasteiger partial charge in [0.25, 0.3) is 0 Å². The first-order chi connectivity index (χ1) is 6.70. The Morgan fingerprint density at radius 1 is 1.67 bits per heavy atom. The average molecular weight is 250 g/mol. The molecule has 0 spiro atoms. The lowest BCUT2D eigenvalue weighted by molar-refractivity contribution is 0.388. The number of rotatable bonds is 4. The molecule has 0 aliphatic heterocycles. The van der Waals surface area contributed by atoms with Gasteiger partial charge in [-0.3, -0.25) is 5.10 Å². The van der Waals surface area contributed by atoms with Gasteiger partial charge in [0.1, 0.15) is 6.33 Å². The molecule has 6 nitrogen and oxygen atoms in total. The van der Waals surface area contributed by atoms with Crippen LogP contribution in [0.15, 0.2) is 6.33 Å². The summed E-state index contributed by atoms with van der Waals surface area (Å²) in [6.45, 7) is 3.99. The van der Waals surface area contributed by atoms with Gasteiger partial charge in [-0.15, -0.1) is 0 Å². The van der Waals surface area contributed by atoms with Gasteiger partial charge < -0.3 is 4.57 Å². The van der Waals surface area contributed by atoms with Crippen molar-refractivity contribution in [3.8, 4) is 0 Å². The molecule has 0 bridgehead atoms. The summed E-state index contributed by atoms with van der Waals surface area (Å²) in [5.41, 5.74) is -0.602. The van der Waals surface area contributed by atoms with Crippen LogP contribution in [0.3, 0.4) is 0 Å². The first kappa shape index (κ1) is 12.3. The Labute approximate surface area is 93.8 Å². The minimum Gasteiger partial charge on any atom is -0.305 e. The molecule has 0 radical (unpaired) electrons. The Bertz CT molecular complexity index is 485. The standard InChI is InChI=1S/C7H14N4O2S2/c1-7(2,10-15(3,12)13)4-11-5-8-9-6(11)14/h5,10H,4H2,1-3H3,(H,9,14). The van der Waals surface area contributed by atoms with E-state index in [9.17, 15) is 8.42 Å². The predicted octanol–water partition coefficient (Wildman–Crippen LogP) is 0.268. The van der Waals surface area contributed by atoms with E-state index >= 15 is 0 Å². The highest BCUT2D eigenvalue weighted by Crippen LogP contribution is 2.07. The van der Waals surface area contributed by atoms with Crippen LogP contribution in [0.25, 0.3) is 0 Å². The third-order valence-electron chi connectivity index (χ3n) is 1.65. The van der Waals surface area contributed by atoms with Gasteiger partial charge in [0.05, 0.1) is 6.26 Å². The van der Waals surface area contributed by atoms with Crippen molar-refractivity contribution in [1.82, 2.24) is 19.5 Å². The summed E-state index contributed by atoms with van der Waals surface area (Å²) in [6.07, 6.45) is 2.66. The Balaban J connectivity index is 2.82. The van der Waals surface area contributed by atoms with Crippen LogP contribution >= 0.6 is 12.2 Å². The zero-order valence-corrected chi connectivity index (χ0v) is 10.4. The van der Waals surface area contributed by atoms with Crippen molar-refractivity contribution in [2.24, 2.45) is 0 Å². The summed E-state index contributed by atoms with van der Waals surface area (Å²) in [4.78, 5) is 0. The fourth-order valence-electron chi connectivity index (χ4n) is 1.34. The monoisotopic (exact) mass is 250 g/mol. The third-order valence-corrected chi connectivity index (χ3v) is 2.89. The minimum atomic E-state index is -3.23. The van der Waals surface area contributed by atoms with Gasteiger partial charge in [0.15, 0.2) is 4.77 Å². The van der Waals surface area contributed by atoms with Crippen LogP contribution in [0, 0.1) is 4.77 Å². The predicted molar refractivity (Wildman–Crippen MR) is 59.5 cm³/mol. The summed E-state index contributed by atoms with van der Waals surface area (Å²) >= 11 is 4.96. The van der Waals surface area contributed by atoms with Gasteiger partial charge in [-0.25, -0.2) is 13.1 Å². The Morgan fingerprint density at radius 2 is 2.27 bits per heavy atom. The maximum atomic E-state index is 11.1. The molecule has 1 rings (SSSR count). The van der Waals surface area contributed by atoms with E-state index in [0.29, 0.717) is 11.3 Å². The molecule has 0 saturated carbocycles. The first-order valence-corrected chi connectivity index (χ1v) is 6.58. The zero-order valence-electron chi connectivity index (χ0n) is 8.81. The normalized spacial score (nSPS) is 13.0. The second kappa shape index (κ2) is 4.03. The van der Waals surface area contributed by atoms with E-state index in [-0.39, 0.29) is 0 Å². The molecule has 8 heteroatoms. The molecule has 0 aliphatic carbocycles. The lowest BCUT2D eigenvalue weighted by Crippen LogP contribution is -2.45.